The Morgan fingerprint density at radius 3 is 2.65 bits per heavy atom. The smallest absolute Gasteiger partial charge is 0.267 e. The van der Waals surface area contributed by atoms with Crippen LogP contribution in [0.3, 0.4) is 0 Å². The Morgan fingerprint density at radius 2 is 2.00 bits per heavy atom. The first kappa shape index (κ1) is 13.2. The maximum atomic E-state index is 12.9. The highest BCUT2D eigenvalue weighted by Gasteiger charge is 2.37. The highest BCUT2D eigenvalue weighted by molar-refractivity contribution is 7.93. The first-order valence-electron chi connectivity index (χ1n) is 6.54. The van der Waals surface area contributed by atoms with E-state index in [-0.39, 0.29) is 10.9 Å². The van der Waals surface area contributed by atoms with Gasteiger partial charge in [0.2, 0.25) is 0 Å². The molecule has 1 aliphatic heterocycles. The molecule has 0 radical (unpaired) electrons. The minimum Gasteiger partial charge on any atom is -0.272 e. The van der Waals surface area contributed by atoms with Crippen LogP contribution in [0, 0.1) is 6.92 Å². The van der Waals surface area contributed by atoms with E-state index < -0.39 is 10.0 Å². The molecule has 0 saturated heterocycles. The molecule has 1 unspecified atom stereocenters. The second-order valence-corrected chi connectivity index (χ2v) is 6.98. The van der Waals surface area contributed by atoms with Crippen molar-refractivity contribution in [3.8, 4) is 0 Å². The van der Waals surface area contributed by atoms with Crippen molar-refractivity contribution in [2.45, 2.75) is 31.2 Å². The van der Waals surface area contributed by atoms with Crippen molar-refractivity contribution in [3.63, 3.8) is 0 Å². The number of para-hydroxylation sites is 1. The predicted molar refractivity (Wildman–Crippen MR) is 77.2 cm³/mol. The van der Waals surface area contributed by atoms with Gasteiger partial charge in [-0.15, -0.1) is 0 Å². The minimum absolute atomic E-state index is 0.0722. The van der Waals surface area contributed by atoms with Gasteiger partial charge in [0, 0.05) is 13.1 Å². The van der Waals surface area contributed by atoms with Crippen molar-refractivity contribution in [2.24, 2.45) is 7.05 Å². The van der Waals surface area contributed by atoms with Gasteiger partial charge in [-0.05, 0) is 31.9 Å². The van der Waals surface area contributed by atoms with Crippen molar-refractivity contribution in [2.75, 3.05) is 4.31 Å². The van der Waals surface area contributed by atoms with E-state index in [0.717, 1.165) is 17.7 Å². The maximum absolute atomic E-state index is 12.9. The predicted octanol–water partition coefficient (Wildman–Crippen LogP) is 1.87. The molecule has 0 N–H and O–H groups in total. The molecule has 1 aliphatic rings. The Hall–Kier alpha value is -1.82. The highest BCUT2D eigenvalue weighted by Crippen LogP contribution is 2.36. The molecule has 0 saturated carbocycles. The van der Waals surface area contributed by atoms with Gasteiger partial charge in [0.1, 0.15) is 4.90 Å². The van der Waals surface area contributed by atoms with E-state index in [1.54, 1.807) is 18.7 Å². The lowest BCUT2D eigenvalue weighted by Gasteiger charge is -2.24. The van der Waals surface area contributed by atoms with Crippen LogP contribution in [-0.4, -0.2) is 24.2 Å². The zero-order valence-electron chi connectivity index (χ0n) is 11.7. The second kappa shape index (κ2) is 4.34. The first-order valence-corrected chi connectivity index (χ1v) is 7.98. The van der Waals surface area contributed by atoms with Gasteiger partial charge < -0.3 is 0 Å². The molecule has 0 spiro atoms. The molecule has 3 rings (SSSR count). The summed E-state index contributed by atoms with van der Waals surface area (Å²) in [6.45, 7) is 3.70. The number of hydrogen-bond donors (Lipinski definition) is 0. The third-order valence-electron chi connectivity index (χ3n) is 3.87. The number of rotatable bonds is 2. The summed E-state index contributed by atoms with van der Waals surface area (Å²) in [5, 5.41) is 4.05. The zero-order chi connectivity index (χ0) is 14.5. The molecule has 1 aromatic heterocycles. The third-order valence-corrected chi connectivity index (χ3v) is 5.90. The van der Waals surface area contributed by atoms with E-state index in [0.29, 0.717) is 5.69 Å². The summed E-state index contributed by atoms with van der Waals surface area (Å²) in [4.78, 5) is 0.281. The number of aryl methyl sites for hydroxylation is 1. The van der Waals surface area contributed by atoms with Crippen molar-refractivity contribution < 1.29 is 8.42 Å². The van der Waals surface area contributed by atoms with Crippen LogP contribution in [0.25, 0.3) is 0 Å². The molecule has 106 valence electrons. The Bertz CT molecular complexity index is 764. The average molecular weight is 291 g/mol. The maximum Gasteiger partial charge on any atom is 0.267 e. The van der Waals surface area contributed by atoms with Crippen LogP contribution in [0.2, 0.25) is 0 Å². The van der Waals surface area contributed by atoms with Gasteiger partial charge in [-0.3, -0.25) is 8.99 Å². The van der Waals surface area contributed by atoms with Crippen LogP contribution in [0.5, 0.6) is 0 Å². The first-order chi connectivity index (χ1) is 9.43. The molecule has 1 aromatic carbocycles. The fourth-order valence-corrected chi connectivity index (χ4v) is 4.62. The van der Waals surface area contributed by atoms with E-state index in [2.05, 4.69) is 5.10 Å². The van der Waals surface area contributed by atoms with Crippen LogP contribution in [0.4, 0.5) is 5.69 Å². The van der Waals surface area contributed by atoms with Crippen LogP contribution < -0.4 is 4.31 Å². The molecule has 20 heavy (non-hydrogen) atoms. The quantitative estimate of drug-likeness (QED) is 0.848. The molecule has 0 bridgehead atoms. The van der Waals surface area contributed by atoms with E-state index in [4.69, 9.17) is 0 Å². The van der Waals surface area contributed by atoms with Gasteiger partial charge in [0.25, 0.3) is 10.0 Å². The van der Waals surface area contributed by atoms with Crippen LogP contribution >= 0.6 is 0 Å². The van der Waals surface area contributed by atoms with Crippen molar-refractivity contribution in [1.82, 2.24) is 9.78 Å². The highest BCUT2D eigenvalue weighted by atomic mass is 32.2. The van der Waals surface area contributed by atoms with E-state index in [1.807, 2.05) is 31.2 Å². The number of aromatic nitrogens is 2. The van der Waals surface area contributed by atoms with Gasteiger partial charge in [-0.1, -0.05) is 18.2 Å². The van der Waals surface area contributed by atoms with E-state index in [9.17, 15) is 8.42 Å². The molecule has 2 heterocycles. The summed E-state index contributed by atoms with van der Waals surface area (Å²) >= 11 is 0. The SMILES string of the molecule is Cc1c(S(=O)(=O)N2c3ccccc3CC2C)cnn1C. The summed E-state index contributed by atoms with van der Waals surface area (Å²) in [6, 6.07) is 7.59. The standard InChI is InChI=1S/C14H17N3O2S/c1-10-8-12-6-4-5-7-13(12)17(10)20(18,19)14-9-15-16(3)11(14)2/h4-7,9-10H,8H2,1-3H3. The number of sulfonamides is 1. The number of hydrogen-bond acceptors (Lipinski definition) is 3. The number of benzene rings is 1. The second-order valence-electron chi connectivity index (χ2n) is 5.20. The molecular weight excluding hydrogens is 274 g/mol. The van der Waals surface area contributed by atoms with Crippen LogP contribution in [0.15, 0.2) is 35.4 Å². The van der Waals surface area contributed by atoms with Gasteiger partial charge in [0.15, 0.2) is 0 Å². The third kappa shape index (κ3) is 1.75. The molecule has 6 heteroatoms. The lowest BCUT2D eigenvalue weighted by molar-refractivity contribution is 0.583. The molecule has 0 amide bonds. The Labute approximate surface area is 118 Å². The molecule has 2 aromatic rings. The Kier molecular flexibility index (Phi) is 2.86. The Morgan fingerprint density at radius 1 is 1.30 bits per heavy atom. The average Bonchev–Trinajstić information content (AvgIpc) is 2.90. The van der Waals surface area contributed by atoms with Crippen molar-refractivity contribution >= 4 is 15.7 Å². The van der Waals surface area contributed by atoms with Crippen LogP contribution in [-0.2, 0) is 23.5 Å². The summed E-state index contributed by atoms with van der Waals surface area (Å²) in [6.07, 6.45) is 2.17. The van der Waals surface area contributed by atoms with Gasteiger partial charge in [-0.2, -0.15) is 5.10 Å². The number of anilines is 1. The monoisotopic (exact) mass is 291 g/mol. The summed E-state index contributed by atoms with van der Waals surface area (Å²) in [7, 11) is -1.82. The molecule has 1 atom stereocenters. The largest absolute Gasteiger partial charge is 0.272 e. The van der Waals surface area contributed by atoms with Gasteiger partial charge in [-0.25, -0.2) is 8.42 Å². The number of fused-ring (bicyclic) bond motifs is 1. The minimum atomic E-state index is -3.56. The summed E-state index contributed by atoms with van der Waals surface area (Å²) in [5.41, 5.74) is 2.51. The van der Waals surface area contributed by atoms with Gasteiger partial charge in [0.05, 0.1) is 17.6 Å². The van der Waals surface area contributed by atoms with Crippen LogP contribution in [0.1, 0.15) is 18.2 Å². The molecular formula is C14H17N3O2S. The summed E-state index contributed by atoms with van der Waals surface area (Å²) < 4.78 is 28.9. The van der Waals surface area contributed by atoms with Crippen molar-refractivity contribution in [1.29, 1.82) is 0 Å². The lowest BCUT2D eigenvalue weighted by Crippen LogP contribution is -2.35. The van der Waals surface area contributed by atoms with E-state index in [1.165, 1.54) is 10.5 Å². The zero-order valence-corrected chi connectivity index (χ0v) is 12.6. The lowest BCUT2D eigenvalue weighted by atomic mass is 10.1. The van der Waals surface area contributed by atoms with Gasteiger partial charge >= 0.3 is 0 Å². The number of nitrogens with zero attached hydrogens (tertiary/aromatic N) is 3. The topological polar surface area (TPSA) is 55.2 Å². The summed E-state index contributed by atoms with van der Waals surface area (Å²) in [5.74, 6) is 0. The normalized spacial score (nSPS) is 18.4. The Balaban J connectivity index is 2.15. The molecule has 5 nitrogen and oxygen atoms in total. The fourth-order valence-electron chi connectivity index (χ4n) is 2.74. The molecule has 0 aliphatic carbocycles. The van der Waals surface area contributed by atoms with E-state index >= 15 is 0 Å². The molecule has 0 fully saturated rings. The van der Waals surface area contributed by atoms with Crippen molar-refractivity contribution in [3.05, 3.63) is 41.7 Å². The fraction of sp³-hybridized carbons (Fsp3) is 0.357.